The summed E-state index contributed by atoms with van der Waals surface area (Å²) in [6.45, 7) is 1.03. The van der Waals surface area contributed by atoms with Gasteiger partial charge in [0.1, 0.15) is 17.1 Å². The van der Waals surface area contributed by atoms with Gasteiger partial charge in [-0.25, -0.2) is 0 Å². The first-order chi connectivity index (χ1) is 15.7. The monoisotopic (exact) mass is 434 g/mol. The van der Waals surface area contributed by atoms with Crippen LogP contribution in [-0.2, 0) is 19.8 Å². The van der Waals surface area contributed by atoms with Crippen molar-refractivity contribution < 1.29 is 23.7 Å². The predicted octanol–water partition coefficient (Wildman–Crippen LogP) is 4.82. The molecule has 0 aliphatic carbocycles. The fourth-order valence-corrected chi connectivity index (χ4v) is 4.25. The molecule has 0 saturated carbocycles. The lowest BCUT2D eigenvalue weighted by Gasteiger charge is -2.36. The van der Waals surface area contributed by atoms with Crippen LogP contribution in [0.2, 0.25) is 0 Å². The molecule has 1 saturated heterocycles. The minimum Gasteiger partial charge on any atom is -0.497 e. The smallest absolute Gasteiger partial charge is 0.143 e. The third-order valence-electron chi connectivity index (χ3n) is 6.04. The Morgan fingerprint density at radius 2 is 1.28 bits per heavy atom. The maximum Gasteiger partial charge on any atom is 0.143 e. The molecular weight excluding hydrogens is 404 g/mol. The fourth-order valence-electron chi connectivity index (χ4n) is 4.25. The molecule has 32 heavy (non-hydrogen) atoms. The summed E-state index contributed by atoms with van der Waals surface area (Å²) in [7, 11) is 5.06. The zero-order valence-electron chi connectivity index (χ0n) is 18.8. The molecule has 4 rings (SSSR count). The van der Waals surface area contributed by atoms with Crippen molar-refractivity contribution >= 4 is 0 Å². The van der Waals surface area contributed by atoms with E-state index in [-0.39, 0.29) is 12.2 Å². The van der Waals surface area contributed by atoms with Crippen LogP contribution >= 0.6 is 0 Å². The molecule has 0 bridgehead atoms. The Bertz CT molecular complexity index is 922. The van der Waals surface area contributed by atoms with Crippen molar-refractivity contribution in [3.8, 4) is 11.5 Å². The van der Waals surface area contributed by atoms with Gasteiger partial charge in [-0.2, -0.15) is 0 Å². The van der Waals surface area contributed by atoms with Crippen LogP contribution in [0.25, 0.3) is 0 Å². The van der Waals surface area contributed by atoms with Gasteiger partial charge in [0.25, 0.3) is 0 Å². The molecule has 5 nitrogen and oxygen atoms in total. The molecule has 1 aliphatic rings. The number of rotatable bonds is 9. The number of ether oxygens (including phenoxy) is 5. The van der Waals surface area contributed by atoms with Crippen molar-refractivity contribution in [2.24, 2.45) is 0 Å². The minimum absolute atomic E-state index is 0.0282. The molecule has 2 atom stereocenters. The van der Waals surface area contributed by atoms with Crippen molar-refractivity contribution in [1.29, 1.82) is 0 Å². The second-order valence-electron chi connectivity index (χ2n) is 7.86. The van der Waals surface area contributed by atoms with E-state index in [2.05, 4.69) is 36.4 Å². The van der Waals surface area contributed by atoms with Gasteiger partial charge in [0.15, 0.2) is 0 Å². The summed E-state index contributed by atoms with van der Waals surface area (Å²) in [5.41, 5.74) is 2.23. The van der Waals surface area contributed by atoms with Crippen LogP contribution in [0.4, 0.5) is 0 Å². The summed E-state index contributed by atoms with van der Waals surface area (Å²) in [5.74, 6) is 1.60. The van der Waals surface area contributed by atoms with E-state index in [1.54, 1.807) is 21.3 Å². The van der Waals surface area contributed by atoms with Crippen molar-refractivity contribution in [2.75, 3.05) is 34.5 Å². The number of hydrogen-bond acceptors (Lipinski definition) is 5. The van der Waals surface area contributed by atoms with Crippen LogP contribution in [0.5, 0.6) is 11.5 Å². The van der Waals surface area contributed by atoms with E-state index in [1.807, 2.05) is 42.5 Å². The van der Waals surface area contributed by atoms with Crippen molar-refractivity contribution in [1.82, 2.24) is 0 Å². The van der Waals surface area contributed by atoms with Crippen molar-refractivity contribution in [3.63, 3.8) is 0 Å². The van der Waals surface area contributed by atoms with Gasteiger partial charge in [0.05, 0.1) is 39.6 Å². The Labute approximate surface area is 189 Å². The molecule has 0 aromatic heterocycles. The first kappa shape index (κ1) is 22.3. The molecule has 1 aliphatic heterocycles. The third-order valence-corrected chi connectivity index (χ3v) is 6.04. The molecule has 0 amide bonds. The van der Waals surface area contributed by atoms with Gasteiger partial charge in [-0.15, -0.1) is 0 Å². The molecule has 0 spiro atoms. The topological polar surface area (TPSA) is 46.2 Å². The molecule has 1 heterocycles. The molecule has 3 aromatic carbocycles. The highest BCUT2D eigenvalue weighted by Crippen LogP contribution is 2.42. The highest BCUT2D eigenvalue weighted by molar-refractivity contribution is 5.49. The maximum absolute atomic E-state index is 6.85. The fraction of sp³-hybridized carbons (Fsp3) is 0.333. The summed E-state index contributed by atoms with van der Waals surface area (Å²) in [4.78, 5) is 0. The third kappa shape index (κ3) is 4.51. The Kier molecular flexibility index (Phi) is 7.10. The number of methoxy groups -OCH3 is 3. The Balaban J connectivity index is 1.80. The van der Waals surface area contributed by atoms with Crippen LogP contribution in [0, 0.1) is 0 Å². The maximum atomic E-state index is 6.85. The molecule has 1 unspecified atom stereocenters. The lowest BCUT2D eigenvalue weighted by Crippen LogP contribution is -2.35. The van der Waals surface area contributed by atoms with Crippen LogP contribution in [-0.4, -0.2) is 46.8 Å². The van der Waals surface area contributed by atoms with Crippen LogP contribution < -0.4 is 9.47 Å². The lowest BCUT2D eigenvalue weighted by molar-refractivity contribution is -0.0461. The van der Waals surface area contributed by atoms with E-state index in [9.17, 15) is 0 Å². The zero-order chi connectivity index (χ0) is 22.4. The molecule has 5 heteroatoms. The molecule has 0 radical (unpaired) electrons. The van der Waals surface area contributed by atoms with Crippen LogP contribution in [0.3, 0.4) is 0 Å². The number of hydrogen-bond donors (Lipinski definition) is 0. The Hall–Kier alpha value is -2.86. The van der Waals surface area contributed by atoms with Crippen LogP contribution in [0.1, 0.15) is 23.1 Å². The summed E-state index contributed by atoms with van der Waals surface area (Å²) in [5, 5.41) is 0. The van der Waals surface area contributed by atoms with Gasteiger partial charge in [-0.05, 0) is 41.0 Å². The number of benzene rings is 3. The molecule has 0 N–H and O–H groups in total. The quantitative estimate of drug-likeness (QED) is 0.452. The van der Waals surface area contributed by atoms with Crippen molar-refractivity contribution in [3.05, 3.63) is 95.6 Å². The molecule has 1 fully saturated rings. The zero-order valence-corrected chi connectivity index (χ0v) is 18.8. The van der Waals surface area contributed by atoms with E-state index in [1.165, 1.54) is 0 Å². The summed E-state index contributed by atoms with van der Waals surface area (Å²) >= 11 is 0. The summed E-state index contributed by atoms with van der Waals surface area (Å²) in [6, 6.07) is 26.4. The Morgan fingerprint density at radius 3 is 1.75 bits per heavy atom. The Morgan fingerprint density at radius 1 is 0.750 bits per heavy atom. The predicted molar refractivity (Wildman–Crippen MR) is 123 cm³/mol. The van der Waals surface area contributed by atoms with E-state index >= 15 is 0 Å². The van der Waals surface area contributed by atoms with E-state index < -0.39 is 5.60 Å². The minimum atomic E-state index is -0.825. The lowest BCUT2D eigenvalue weighted by atomic mass is 9.80. The average Bonchev–Trinajstić information content (AvgIpc) is 3.34. The SMILES string of the molecule is COc1ccc(C(OCC2C[C@@H](OC)CO2)(c2ccccc2)c2ccc(OC)cc2)cc1. The largest absolute Gasteiger partial charge is 0.497 e. The summed E-state index contributed by atoms with van der Waals surface area (Å²) in [6.07, 6.45) is 0.892. The van der Waals surface area contributed by atoms with E-state index in [4.69, 9.17) is 23.7 Å². The van der Waals surface area contributed by atoms with E-state index in [0.717, 1.165) is 34.6 Å². The first-order valence-corrected chi connectivity index (χ1v) is 10.8. The second kappa shape index (κ2) is 10.2. The standard InChI is InChI=1S/C27H30O5/c1-28-23-13-9-21(10-14-23)27(20-7-5-4-6-8-20,22-11-15-24(29-2)16-12-22)32-19-26-17-25(30-3)18-31-26/h4-16,25-26H,17-19H2,1-3H3/t25-,26?/m1/s1. The highest BCUT2D eigenvalue weighted by Gasteiger charge is 2.39. The molecule has 3 aromatic rings. The van der Waals surface area contributed by atoms with Gasteiger partial charge < -0.3 is 23.7 Å². The van der Waals surface area contributed by atoms with E-state index in [0.29, 0.717) is 13.2 Å². The van der Waals surface area contributed by atoms with Crippen molar-refractivity contribution in [2.45, 2.75) is 24.2 Å². The van der Waals surface area contributed by atoms with Crippen LogP contribution in [0.15, 0.2) is 78.9 Å². The van der Waals surface area contributed by atoms with Gasteiger partial charge in [-0.3, -0.25) is 0 Å². The highest BCUT2D eigenvalue weighted by atomic mass is 16.6. The second-order valence-corrected chi connectivity index (χ2v) is 7.86. The summed E-state index contributed by atoms with van der Waals surface area (Å²) < 4.78 is 29.1. The average molecular weight is 435 g/mol. The van der Waals surface area contributed by atoms with Gasteiger partial charge in [0.2, 0.25) is 0 Å². The van der Waals surface area contributed by atoms with Gasteiger partial charge in [0, 0.05) is 13.5 Å². The molecular formula is C27H30O5. The molecule has 168 valence electrons. The van der Waals surface area contributed by atoms with Gasteiger partial charge >= 0.3 is 0 Å². The normalized spacial score (nSPS) is 18.5. The van der Waals surface area contributed by atoms with Gasteiger partial charge in [-0.1, -0.05) is 54.6 Å². The first-order valence-electron chi connectivity index (χ1n) is 10.8.